The zero-order valence-corrected chi connectivity index (χ0v) is 15.4. The standard InChI is InChI=1S/C20H28N4O2/c25-19-12-15-2-1-3-17(15)21-24(19)13-14-6-9-22(10-7-14)18-8-11-23(20(18)26)16-4-5-16/h12,14,16,18H,1-11,13H2. The van der Waals surface area contributed by atoms with Gasteiger partial charge in [-0.25, -0.2) is 4.68 Å². The summed E-state index contributed by atoms with van der Waals surface area (Å²) in [7, 11) is 0. The van der Waals surface area contributed by atoms with Gasteiger partial charge in [-0.3, -0.25) is 14.5 Å². The zero-order chi connectivity index (χ0) is 17.7. The summed E-state index contributed by atoms with van der Waals surface area (Å²) in [5.74, 6) is 0.856. The fraction of sp³-hybridized carbons (Fsp3) is 0.750. The molecule has 1 atom stereocenters. The zero-order valence-electron chi connectivity index (χ0n) is 15.4. The van der Waals surface area contributed by atoms with E-state index in [4.69, 9.17) is 0 Å². The summed E-state index contributed by atoms with van der Waals surface area (Å²) in [5, 5.41) is 4.62. The highest BCUT2D eigenvalue weighted by Crippen LogP contribution is 2.33. The quantitative estimate of drug-likeness (QED) is 0.814. The van der Waals surface area contributed by atoms with Crippen molar-refractivity contribution in [2.45, 2.75) is 70.0 Å². The van der Waals surface area contributed by atoms with Gasteiger partial charge in [-0.2, -0.15) is 5.10 Å². The van der Waals surface area contributed by atoms with Crippen LogP contribution in [0.4, 0.5) is 0 Å². The van der Waals surface area contributed by atoms with Crippen LogP contribution in [0, 0.1) is 5.92 Å². The lowest BCUT2D eigenvalue weighted by molar-refractivity contribution is -0.133. The predicted molar refractivity (Wildman–Crippen MR) is 98.0 cm³/mol. The Morgan fingerprint density at radius 2 is 1.81 bits per heavy atom. The van der Waals surface area contributed by atoms with Gasteiger partial charge in [-0.05, 0) is 75.9 Å². The Morgan fingerprint density at radius 1 is 1.00 bits per heavy atom. The van der Waals surface area contributed by atoms with E-state index in [-0.39, 0.29) is 11.6 Å². The Morgan fingerprint density at radius 3 is 2.58 bits per heavy atom. The van der Waals surface area contributed by atoms with Crippen LogP contribution < -0.4 is 5.56 Å². The predicted octanol–water partition coefficient (Wildman–Crippen LogP) is 1.21. The topological polar surface area (TPSA) is 58.4 Å². The van der Waals surface area contributed by atoms with E-state index < -0.39 is 0 Å². The number of piperidine rings is 1. The molecule has 0 radical (unpaired) electrons. The number of amides is 1. The summed E-state index contributed by atoms with van der Waals surface area (Å²) >= 11 is 0. The van der Waals surface area contributed by atoms with Crippen LogP contribution in [0.5, 0.6) is 0 Å². The lowest BCUT2D eigenvalue weighted by Gasteiger charge is -2.35. The summed E-state index contributed by atoms with van der Waals surface area (Å²) in [4.78, 5) is 29.5. The maximum atomic E-state index is 12.6. The van der Waals surface area contributed by atoms with Crippen LogP contribution in [0.1, 0.15) is 49.8 Å². The Bertz CT molecular complexity index is 762. The number of rotatable bonds is 4. The molecule has 2 aliphatic carbocycles. The van der Waals surface area contributed by atoms with Crippen molar-refractivity contribution in [1.29, 1.82) is 0 Å². The molecule has 1 aromatic rings. The second-order valence-corrected chi connectivity index (χ2v) is 8.54. The first-order valence-electron chi connectivity index (χ1n) is 10.3. The number of aryl methyl sites for hydroxylation is 2. The number of likely N-dealkylation sites (tertiary alicyclic amines) is 2. The highest BCUT2D eigenvalue weighted by atomic mass is 16.2. The van der Waals surface area contributed by atoms with Crippen LogP contribution in [0.25, 0.3) is 0 Å². The highest BCUT2D eigenvalue weighted by Gasteiger charge is 2.43. The second kappa shape index (κ2) is 6.48. The van der Waals surface area contributed by atoms with Gasteiger partial charge in [0.25, 0.3) is 5.56 Å². The van der Waals surface area contributed by atoms with E-state index in [0.29, 0.717) is 17.9 Å². The van der Waals surface area contributed by atoms with Crippen LogP contribution >= 0.6 is 0 Å². The molecule has 6 nitrogen and oxygen atoms in total. The van der Waals surface area contributed by atoms with Crippen molar-refractivity contribution in [2.75, 3.05) is 19.6 Å². The molecule has 5 rings (SSSR count). The van der Waals surface area contributed by atoms with Crippen molar-refractivity contribution in [2.24, 2.45) is 5.92 Å². The molecule has 0 aromatic carbocycles. The number of nitrogens with zero attached hydrogens (tertiary/aromatic N) is 4. The largest absolute Gasteiger partial charge is 0.338 e. The molecule has 0 bridgehead atoms. The third kappa shape index (κ3) is 2.98. The van der Waals surface area contributed by atoms with Gasteiger partial charge < -0.3 is 4.90 Å². The third-order valence-corrected chi connectivity index (χ3v) is 6.74. The maximum absolute atomic E-state index is 12.6. The minimum absolute atomic E-state index is 0.0547. The fourth-order valence-corrected chi connectivity index (χ4v) is 5.04. The van der Waals surface area contributed by atoms with E-state index >= 15 is 0 Å². The van der Waals surface area contributed by atoms with E-state index in [2.05, 4.69) is 14.9 Å². The van der Waals surface area contributed by atoms with Crippen molar-refractivity contribution < 1.29 is 4.79 Å². The summed E-state index contributed by atoms with van der Waals surface area (Å²) in [5.41, 5.74) is 2.33. The number of aromatic nitrogens is 2. The monoisotopic (exact) mass is 356 g/mol. The van der Waals surface area contributed by atoms with Crippen molar-refractivity contribution >= 4 is 5.91 Å². The average molecular weight is 356 g/mol. The molecular formula is C20H28N4O2. The van der Waals surface area contributed by atoms with Crippen LogP contribution in [0.2, 0.25) is 0 Å². The smallest absolute Gasteiger partial charge is 0.267 e. The Hall–Kier alpha value is -1.69. The first-order chi connectivity index (χ1) is 12.7. The molecule has 1 amide bonds. The van der Waals surface area contributed by atoms with Crippen molar-refractivity contribution in [1.82, 2.24) is 19.6 Å². The summed E-state index contributed by atoms with van der Waals surface area (Å²) in [6.45, 7) is 3.62. The molecule has 3 fully saturated rings. The number of carbonyl (C=O) groups is 1. The molecule has 1 unspecified atom stereocenters. The molecule has 6 heteroatoms. The summed E-state index contributed by atoms with van der Waals surface area (Å²) in [6, 6.07) is 2.45. The van der Waals surface area contributed by atoms with Gasteiger partial charge in [-0.1, -0.05) is 0 Å². The third-order valence-electron chi connectivity index (χ3n) is 6.74. The molecule has 140 valence electrons. The van der Waals surface area contributed by atoms with Gasteiger partial charge in [-0.15, -0.1) is 0 Å². The first kappa shape index (κ1) is 16.5. The normalized spacial score (nSPS) is 27.3. The molecule has 3 heterocycles. The van der Waals surface area contributed by atoms with Crippen molar-refractivity contribution in [3.05, 3.63) is 27.7 Å². The molecule has 0 N–H and O–H groups in total. The number of hydrogen-bond acceptors (Lipinski definition) is 4. The second-order valence-electron chi connectivity index (χ2n) is 8.54. The SMILES string of the molecule is O=C1C(N2CCC(Cn3nc4c(cc3=O)CCC4)CC2)CCN1C1CC1. The Kier molecular flexibility index (Phi) is 4.11. The molecule has 4 aliphatic rings. The number of carbonyl (C=O) groups excluding carboxylic acids is 1. The lowest BCUT2D eigenvalue weighted by Crippen LogP contribution is -2.46. The molecule has 2 aliphatic heterocycles. The molecular weight excluding hydrogens is 328 g/mol. The van der Waals surface area contributed by atoms with E-state index in [1.807, 2.05) is 0 Å². The van der Waals surface area contributed by atoms with Gasteiger partial charge in [0.05, 0.1) is 11.7 Å². The van der Waals surface area contributed by atoms with Crippen LogP contribution in [-0.4, -0.2) is 57.2 Å². The van der Waals surface area contributed by atoms with Crippen LogP contribution in [0.15, 0.2) is 10.9 Å². The lowest BCUT2D eigenvalue weighted by atomic mass is 9.95. The summed E-state index contributed by atoms with van der Waals surface area (Å²) < 4.78 is 1.69. The van der Waals surface area contributed by atoms with Crippen LogP contribution in [-0.2, 0) is 24.2 Å². The molecule has 1 aromatic heterocycles. The molecule has 0 spiro atoms. The van der Waals surface area contributed by atoms with E-state index in [0.717, 1.165) is 76.0 Å². The van der Waals surface area contributed by atoms with E-state index in [1.54, 1.807) is 10.7 Å². The minimum atomic E-state index is 0.0547. The Balaban J connectivity index is 1.19. The fourth-order valence-electron chi connectivity index (χ4n) is 5.04. The number of fused-ring (bicyclic) bond motifs is 1. The van der Waals surface area contributed by atoms with Gasteiger partial charge in [0.1, 0.15) is 0 Å². The highest BCUT2D eigenvalue weighted by molar-refractivity contribution is 5.84. The van der Waals surface area contributed by atoms with Gasteiger partial charge in [0.15, 0.2) is 0 Å². The van der Waals surface area contributed by atoms with Crippen molar-refractivity contribution in [3.63, 3.8) is 0 Å². The Labute approximate surface area is 154 Å². The number of hydrogen-bond donors (Lipinski definition) is 0. The molecule has 1 saturated carbocycles. The van der Waals surface area contributed by atoms with Crippen LogP contribution in [0.3, 0.4) is 0 Å². The van der Waals surface area contributed by atoms with E-state index in [9.17, 15) is 9.59 Å². The van der Waals surface area contributed by atoms with Gasteiger partial charge in [0.2, 0.25) is 5.91 Å². The molecule has 2 saturated heterocycles. The van der Waals surface area contributed by atoms with Crippen molar-refractivity contribution in [3.8, 4) is 0 Å². The molecule has 26 heavy (non-hydrogen) atoms. The summed E-state index contributed by atoms with van der Waals surface area (Å²) in [6.07, 6.45) is 8.63. The van der Waals surface area contributed by atoms with Gasteiger partial charge in [0, 0.05) is 25.2 Å². The maximum Gasteiger partial charge on any atom is 0.267 e. The average Bonchev–Trinajstić information content (AvgIpc) is 3.27. The minimum Gasteiger partial charge on any atom is -0.338 e. The van der Waals surface area contributed by atoms with Gasteiger partial charge >= 0.3 is 0 Å². The van der Waals surface area contributed by atoms with E-state index in [1.165, 1.54) is 12.8 Å². The first-order valence-corrected chi connectivity index (χ1v) is 10.3.